The maximum absolute atomic E-state index is 12.0. The van der Waals surface area contributed by atoms with Crippen LogP contribution < -0.4 is 5.73 Å². The number of carbonyl (C=O) groups is 1. The summed E-state index contributed by atoms with van der Waals surface area (Å²) in [5.41, 5.74) is 6.67. The molecule has 0 aliphatic carbocycles. The van der Waals surface area contributed by atoms with E-state index in [0.29, 0.717) is 6.54 Å². The van der Waals surface area contributed by atoms with Crippen molar-refractivity contribution >= 4 is 5.91 Å². The molecule has 4 heteroatoms. The van der Waals surface area contributed by atoms with Gasteiger partial charge in [-0.05, 0) is 12.5 Å². The van der Waals surface area contributed by atoms with Crippen LogP contribution in [0.2, 0.25) is 0 Å². The van der Waals surface area contributed by atoms with Gasteiger partial charge in [0, 0.05) is 13.6 Å². The second-order valence-corrected chi connectivity index (χ2v) is 4.14. The van der Waals surface area contributed by atoms with Crippen LogP contribution in [0.25, 0.3) is 0 Å². The Morgan fingerprint density at radius 1 is 1.47 bits per heavy atom. The molecule has 2 unspecified atom stereocenters. The van der Waals surface area contributed by atoms with Crippen LogP contribution in [-0.2, 0) is 4.79 Å². The number of amides is 1. The van der Waals surface area contributed by atoms with E-state index in [1.54, 1.807) is 14.0 Å². The molecule has 0 fully saturated rings. The summed E-state index contributed by atoms with van der Waals surface area (Å²) in [5, 5.41) is 8.70. The smallest absolute Gasteiger partial charge is 0.243 e. The molecule has 2 atom stereocenters. The lowest BCUT2D eigenvalue weighted by Crippen LogP contribution is -2.38. The summed E-state index contributed by atoms with van der Waals surface area (Å²) < 4.78 is 0. The van der Waals surface area contributed by atoms with E-state index in [9.17, 15) is 4.79 Å². The van der Waals surface area contributed by atoms with Crippen LogP contribution >= 0.6 is 0 Å². The van der Waals surface area contributed by atoms with Gasteiger partial charge in [0.2, 0.25) is 5.91 Å². The number of hydrogen-bond acceptors (Lipinski definition) is 3. The monoisotopic (exact) mass is 231 g/mol. The SMILES string of the molecule is CC(C#N)CN(C)C(=O)C(N)c1ccccc1. The third-order valence-corrected chi connectivity index (χ3v) is 2.57. The van der Waals surface area contributed by atoms with Gasteiger partial charge in [-0.1, -0.05) is 30.3 Å². The first kappa shape index (κ1) is 13.2. The second-order valence-electron chi connectivity index (χ2n) is 4.14. The average Bonchev–Trinajstić information content (AvgIpc) is 2.37. The summed E-state index contributed by atoms with van der Waals surface area (Å²) in [7, 11) is 1.67. The molecule has 17 heavy (non-hydrogen) atoms. The van der Waals surface area contributed by atoms with Crippen molar-refractivity contribution in [2.24, 2.45) is 11.7 Å². The van der Waals surface area contributed by atoms with Crippen LogP contribution in [0.1, 0.15) is 18.5 Å². The molecule has 0 aliphatic rings. The van der Waals surface area contributed by atoms with Crippen molar-refractivity contribution in [3.63, 3.8) is 0 Å². The summed E-state index contributed by atoms with van der Waals surface area (Å²) in [5.74, 6) is -0.356. The highest BCUT2D eigenvalue weighted by atomic mass is 16.2. The Morgan fingerprint density at radius 2 is 2.06 bits per heavy atom. The molecule has 0 saturated heterocycles. The summed E-state index contributed by atoms with van der Waals surface area (Å²) >= 11 is 0. The zero-order chi connectivity index (χ0) is 12.8. The molecule has 1 amide bonds. The van der Waals surface area contributed by atoms with Crippen LogP contribution in [0, 0.1) is 17.2 Å². The molecule has 1 aromatic rings. The van der Waals surface area contributed by atoms with Crippen molar-refractivity contribution in [2.45, 2.75) is 13.0 Å². The quantitative estimate of drug-likeness (QED) is 0.849. The molecule has 0 aromatic heterocycles. The van der Waals surface area contributed by atoms with Crippen molar-refractivity contribution < 1.29 is 4.79 Å². The van der Waals surface area contributed by atoms with Gasteiger partial charge in [0.15, 0.2) is 0 Å². The van der Waals surface area contributed by atoms with Crippen LogP contribution in [0.5, 0.6) is 0 Å². The predicted octanol–water partition coefficient (Wildman–Crippen LogP) is 1.30. The molecule has 4 nitrogen and oxygen atoms in total. The topological polar surface area (TPSA) is 70.1 Å². The van der Waals surface area contributed by atoms with Crippen molar-refractivity contribution in [1.29, 1.82) is 5.26 Å². The van der Waals surface area contributed by atoms with E-state index in [1.165, 1.54) is 4.90 Å². The zero-order valence-corrected chi connectivity index (χ0v) is 10.1. The highest BCUT2D eigenvalue weighted by Crippen LogP contribution is 2.12. The summed E-state index contributed by atoms with van der Waals surface area (Å²) in [6.07, 6.45) is 0. The van der Waals surface area contributed by atoms with E-state index in [-0.39, 0.29) is 11.8 Å². The largest absolute Gasteiger partial charge is 0.343 e. The summed E-state index contributed by atoms with van der Waals surface area (Å²) in [4.78, 5) is 13.5. The van der Waals surface area contributed by atoms with Crippen molar-refractivity contribution in [3.8, 4) is 6.07 Å². The number of likely N-dealkylation sites (N-methyl/N-ethyl adjacent to an activating group) is 1. The molecule has 0 spiro atoms. The Bertz CT molecular complexity index is 410. The molecule has 0 bridgehead atoms. The molecule has 0 saturated carbocycles. The summed E-state index contributed by atoms with van der Waals surface area (Å²) in [6, 6.07) is 10.7. The average molecular weight is 231 g/mol. The van der Waals surface area contributed by atoms with Crippen LogP contribution in [0.3, 0.4) is 0 Å². The molecule has 1 aromatic carbocycles. The fraction of sp³-hybridized carbons (Fsp3) is 0.385. The number of nitrogens with zero attached hydrogens (tertiary/aromatic N) is 2. The van der Waals surface area contributed by atoms with Gasteiger partial charge >= 0.3 is 0 Å². The molecular weight excluding hydrogens is 214 g/mol. The molecule has 0 radical (unpaired) electrons. The van der Waals surface area contributed by atoms with Crippen LogP contribution in [0.4, 0.5) is 0 Å². The maximum Gasteiger partial charge on any atom is 0.243 e. The third-order valence-electron chi connectivity index (χ3n) is 2.57. The first-order valence-electron chi connectivity index (χ1n) is 5.51. The number of carbonyl (C=O) groups excluding carboxylic acids is 1. The lowest BCUT2D eigenvalue weighted by Gasteiger charge is -2.22. The lowest BCUT2D eigenvalue weighted by atomic mass is 10.1. The van der Waals surface area contributed by atoms with E-state index in [0.717, 1.165) is 5.56 Å². The molecule has 1 rings (SSSR count). The molecule has 0 aliphatic heterocycles. The normalized spacial score (nSPS) is 13.5. The van der Waals surface area contributed by atoms with Gasteiger partial charge in [-0.25, -0.2) is 0 Å². The molecule has 2 N–H and O–H groups in total. The van der Waals surface area contributed by atoms with Gasteiger partial charge in [0.25, 0.3) is 0 Å². The second kappa shape index (κ2) is 6.02. The molecule has 0 heterocycles. The molecular formula is C13H17N3O. The van der Waals surface area contributed by atoms with Crippen molar-refractivity contribution in [2.75, 3.05) is 13.6 Å². The van der Waals surface area contributed by atoms with Gasteiger partial charge in [0.1, 0.15) is 6.04 Å². The first-order chi connectivity index (χ1) is 8.06. The maximum atomic E-state index is 12.0. The van der Waals surface area contributed by atoms with E-state index in [2.05, 4.69) is 6.07 Å². The Kier molecular flexibility index (Phi) is 4.68. The highest BCUT2D eigenvalue weighted by molar-refractivity contribution is 5.82. The first-order valence-corrected chi connectivity index (χ1v) is 5.51. The number of nitrogens with two attached hydrogens (primary N) is 1. The molecule has 90 valence electrons. The fourth-order valence-electron chi connectivity index (χ4n) is 1.58. The standard InChI is InChI=1S/C13H17N3O/c1-10(8-14)9-16(2)13(17)12(15)11-6-4-3-5-7-11/h3-7,10,12H,9,15H2,1-2H3. The van der Waals surface area contributed by atoms with Gasteiger partial charge in [0.05, 0.1) is 12.0 Å². The van der Waals surface area contributed by atoms with E-state index in [1.807, 2.05) is 30.3 Å². The van der Waals surface area contributed by atoms with E-state index >= 15 is 0 Å². The van der Waals surface area contributed by atoms with Gasteiger partial charge in [-0.2, -0.15) is 5.26 Å². The van der Waals surface area contributed by atoms with Gasteiger partial charge < -0.3 is 10.6 Å². The fourth-order valence-corrected chi connectivity index (χ4v) is 1.58. The van der Waals surface area contributed by atoms with Gasteiger partial charge in [-0.15, -0.1) is 0 Å². The number of nitriles is 1. The number of benzene rings is 1. The minimum Gasteiger partial charge on any atom is -0.343 e. The van der Waals surface area contributed by atoms with E-state index < -0.39 is 6.04 Å². The van der Waals surface area contributed by atoms with Crippen LogP contribution in [-0.4, -0.2) is 24.4 Å². The Labute approximate surface area is 102 Å². The minimum atomic E-state index is -0.660. The number of rotatable bonds is 4. The minimum absolute atomic E-state index is 0.168. The highest BCUT2D eigenvalue weighted by Gasteiger charge is 2.20. The lowest BCUT2D eigenvalue weighted by molar-refractivity contribution is -0.131. The Hall–Kier alpha value is -1.86. The predicted molar refractivity (Wildman–Crippen MR) is 65.8 cm³/mol. The van der Waals surface area contributed by atoms with Crippen molar-refractivity contribution in [1.82, 2.24) is 4.90 Å². The third kappa shape index (κ3) is 3.58. The van der Waals surface area contributed by atoms with Crippen LogP contribution in [0.15, 0.2) is 30.3 Å². The Morgan fingerprint density at radius 3 is 2.59 bits per heavy atom. The number of hydrogen-bond donors (Lipinski definition) is 1. The van der Waals surface area contributed by atoms with Crippen molar-refractivity contribution in [3.05, 3.63) is 35.9 Å². The van der Waals surface area contributed by atoms with E-state index in [4.69, 9.17) is 11.0 Å². The van der Waals surface area contributed by atoms with Gasteiger partial charge in [-0.3, -0.25) is 4.79 Å². The zero-order valence-electron chi connectivity index (χ0n) is 10.1. The summed E-state index contributed by atoms with van der Waals surface area (Å²) in [6.45, 7) is 2.17. The Balaban J connectivity index is 2.68.